The van der Waals surface area contributed by atoms with Crippen molar-refractivity contribution in [2.75, 3.05) is 36.4 Å². The predicted octanol–water partition coefficient (Wildman–Crippen LogP) is 4.47. The molecule has 3 aromatic heterocycles. The van der Waals surface area contributed by atoms with E-state index in [0.717, 1.165) is 71.8 Å². The molecule has 0 atom stereocenters. The highest BCUT2D eigenvalue weighted by atomic mass is 16.1. The van der Waals surface area contributed by atoms with Crippen molar-refractivity contribution >= 4 is 28.2 Å². The standard InChI is InChI=1S/C27H29N7O/c35-27(30-21-7-8-29-22(15-21)18-33-9-1-2-10-33)26-24-14-19(5-6-25(24)31-32-26)20-13-23(17-28-16-20)34-11-3-4-12-34/h5-8,13-17H,1-4,9-12,18H2,(H,31,32)(H,29,30,35). The lowest BCUT2D eigenvalue weighted by molar-refractivity contribution is 0.102. The molecule has 2 N–H and O–H groups in total. The Morgan fingerprint density at radius 1 is 0.943 bits per heavy atom. The second-order valence-corrected chi connectivity index (χ2v) is 9.43. The molecule has 2 aliphatic rings. The van der Waals surface area contributed by atoms with Gasteiger partial charge in [-0.25, -0.2) is 0 Å². The maximum Gasteiger partial charge on any atom is 0.276 e. The van der Waals surface area contributed by atoms with E-state index in [-0.39, 0.29) is 5.91 Å². The van der Waals surface area contributed by atoms with Gasteiger partial charge < -0.3 is 10.2 Å². The van der Waals surface area contributed by atoms with Crippen LogP contribution in [0.3, 0.4) is 0 Å². The minimum Gasteiger partial charge on any atom is -0.370 e. The highest BCUT2D eigenvalue weighted by Crippen LogP contribution is 2.29. The van der Waals surface area contributed by atoms with Crippen LogP contribution in [0.25, 0.3) is 22.0 Å². The first-order valence-electron chi connectivity index (χ1n) is 12.4. The third-order valence-corrected chi connectivity index (χ3v) is 6.97. The van der Waals surface area contributed by atoms with E-state index in [9.17, 15) is 4.79 Å². The number of carbonyl (C=O) groups is 1. The molecule has 4 aromatic rings. The number of pyridine rings is 2. The van der Waals surface area contributed by atoms with Gasteiger partial charge in [-0.1, -0.05) is 6.07 Å². The van der Waals surface area contributed by atoms with Gasteiger partial charge in [0.2, 0.25) is 0 Å². The largest absolute Gasteiger partial charge is 0.370 e. The molecule has 1 aromatic carbocycles. The second kappa shape index (κ2) is 9.46. The molecule has 2 aliphatic heterocycles. The lowest BCUT2D eigenvalue weighted by Crippen LogP contribution is -2.19. The van der Waals surface area contributed by atoms with Gasteiger partial charge in [0.05, 0.1) is 23.1 Å². The van der Waals surface area contributed by atoms with Crippen LogP contribution in [0.5, 0.6) is 0 Å². The Morgan fingerprint density at radius 3 is 2.63 bits per heavy atom. The van der Waals surface area contributed by atoms with Crippen molar-refractivity contribution in [2.24, 2.45) is 0 Å². The molecule has 2 fully saturated rings. The molecular formula is C27H29N7O. The first kappa shape index (κ1) is 21.7. The minimum atomic E-state index is -0.240. The lowest BCUT2D eigenvalue weighted by atomic mass is 10.0. The van der Waals surface area contributed by atoms with Crippen LogP contribution in [0.4, 0.5) is 11.4 Å². The summed E-state index contributed by atoms with van der Waals surface area (Å²) in [6.07, 6.45) is 10.5. The second-order valence-electron chi connectivity index (χ2n) is 9.43. The zero-order valence-corrected chi connectivity index (χ0v) is 19.7. The van der Waals surface area contributed by atoms with Crippen LogP contribution in [0.2, 0.25) is 0 Å². The van der Waals surface area contributed by atoms with Gasteiger partial charge in [-0.15, -0.1) is 0 Å². The van der Waals surface area contributed by atoms with Crippen molar-refractivity contribution in [1.82, 2.24) is 25.1 Å². The van der Waals surface area contributed by atoms with Gasteiger partial charge in [0, 0.05) is 48.7 Å². The monoisotopic (exact) mass is 467 g/mol. The quantitative estimate of drug-likeness (QED) is 0.435. The Hall–Kier alpha value is -3.78. The van der Waals surface area contributed by atoms with Crippen LogP contribution in [-0.2, 0) is 6.54 Å². The number of benzene rings is 1. The number of hydrogen-bond acceptors (Lipinski definition) is 6. The minimum absolute atomic E-state index is 0.240. The average Bonchev–Trinajstić information content (AvgIpc) is 3.66. The van der Waals surface area contributed by atoms with Gasteiger partial charge in [-0.3, -0.25) is 24.8 Å². The summed E-state index contributed by atoms with van der Waals surface area (Å²) in [5.41, 5.74) is 6.09. The van der Waals surface area contributed by atoms with Gasteiger partial charge in [-0.2, -0.15) is 5.10 Å². The smallest absolute Gasteiger partial charge is 0.276 e. The fourth-order valence-electron chi connectivity index (χ4n) is 5.10. The fourth-order valence-corrected chi connectivity index (χ4v) is 5.10. The topological polar surface area (TPSA) is 90.0 Å². The fraction of sp³-hybridized carbons (Fsp3) is 0.333. The average molecular weight is 468 g/mol. The predicted molar refractivity (Wildman–Crippen MR) is 137 cm³/mol. The number of nitrogens with one attached hydrogen (secondary N) is 2. The summed E-state index contributed by atoms with van der Waals surface area (Å²) in [5, 5.41) is 11.1. The Balaban J connectivity index is 1.24. The van der Waals surface area contributed by atoms with E-state index in [4.69, 9.17) is 0 Å². The van der Waals surface area contributed by atoms with Gasteiger partial charge in [0.25, 0.3) is 5.91 Å². The Labute approximate surface area is 204 Å². The van der Waals surface area contributed by atoms with Gasteiger partial charge >= 0.3 is 0 Å². The number of amides is 1. The van der Waals surface area contributed by atoms with E-state index < -0.39 is 0 Å². The molecule has 1 amide bonds. The summed E-state index contributed by atoms with van der Waals surface area (Å²) in [6.45, 7) is 5.17. The van der Waals surface area contributed by atoms with Crippen molar-refractivity contribution in [2.45, 2.75) is 32.2 Å². The molecule has 0 aliphatic carbocycles. The van der Waals surface area contributed by atoms with E-state index in [1.807, 2.05) is 42.7 Å². The number of fused-ring (bicyclic) bond motifs is 1. The van der Waals surface area contributed by atoms with E-state index in [1.165, 1.54) is 25.7 Å². The molecule has 0 bridgehead atoms. The van der Waals surface area contributed by atoms with E-state index in [0.29, 0.717) is 5.69 Å². The number of aromatic nitrogens is 4. The maximum atomic E-state index is 13.2. The van der Waals surface area contributed by atoms with Crippen molar-refractivity contribution < 1.29 is 4.79 Å². The zero-order valence-electron chi connectivity index (χ0n) is 19.7. The first-order chi connectivity index (χ1) is 17.2. The first-order valence-corrected chi connectivity index (χ1v) is 12.4. The van der Waals surface area contributed by atoms with Crippen molar-refractivity contribution in [3.63, 3.8) is 0 Å². The van der Waals surface area contributed by atoms with Gasteiger partial charge in [0.15, 0.2) is 5.69 Å². The van der Waals surface area contributed by atoms with Gasteiger partial charge in [0.1, 0.15) is 0 Å². The molecule has 35 heavy (non-hydrogen) atoms. The number of anilines is 2. The van der Waals surface area contributed by atoms with Crippen molar-refractivity contribution in [3.05, 3.63) is 66.4 Å². The molecule has 0 unspecified atom stereocenters. The molecule has 6 rings (SSSR count). The molecule has 5 heterocycles. The number of rotatable bonds is 6. The van der Waals surface area contributed by atoms with Crippen LogP contribution in [0.1, 0.15) is 41.9 Å². The van der Waals surface area contributed by atoms with E-state index in [1.54, 1.807) is 6.20 Å². The van der Waals surface area contributed by atoms with Crippen LogP contribution in [0, 0.1) is 0 Å². The Kier molecular flexibility index (Phi) is 5.88. The third-order valence-electron chi connectivity index (χ3n) is 6.97. The number of likely N-dealkylation sites (tertiary alicyclic amines) is 1. The molecular weight excluding hydrogens is 438 g/mol. The summed E-state index contributed by atoms with van der Waals surface area (Å²) >= 11 is 0. The molecule has 8 heteroatoms. The number of aromatic amines is 1. The Bertz CT molecular complexity index is 1350. The third kappa shape index (κ3) is 4.61. The molecule has 8 nitrogen and oxygen atoms in total. The number of hydrogen-bond donors (Lipinski definition) is 2. The number of H-pyrrole nitrogens is 1. The Morgan fingerprint density at radius 2 is 1.77 bits per heavy atom. The highest BCUT2D eigenvalue weighted by Gasteiger charge is 2.18. The van der Waals surface area contributed by atoms with Crippen molar-refractivity contribution in [1.29, 1.82) is 0 Å². The van der Waals surface area contributed by atoms with Crippen LogP contribution in [-0.4, -0.2) is 57.2 Å². The maximum absolute atomic E-state index is 13.2. The van der Waals surface area contributed by atoms with Crippen LogP contribution < -0.4 is 10.2 Å². The summed E-state index contributed by atoms with van der Waals surface area (Å²) in [7, 11) is 0. The normalized spacial score (nSPS) is 16.3. The van der Waals surface area contributed by atoms with E-state index in [2.05, 4.69) is 41.3 Å². The summed E-state index contributed by atoms with van der Waals surface area (Å²) in [4.78, 5) is 26.9. The van der Waals surface area contributed by atoms with E-state index >= 15 is 0 Å². The SMILES string of the molecule is O=C(Nc1ccnc(CN2CCCC2)c1)c1n[nH]c2ccc(-c3cncc(N4CCCC4)c3)cc12. The summed E-state index contributed by atoms with van der Waals surface area (Å²) in [6, 6.07) is 12.0. The zero-order chi connectivity index (χ0) is 23.6. The molecule has 2 saturated heterocycles. The molecule has 0 radical (unpaired) electrons. The van der Waals surface area contributed by atoms with Crippen LogP contribution in [0.15, 0.2) is 55.0 Å². The number of carbonyl (C=O) groups excluding carboxylic acids is 1. The molecule has 0 spiro atoms. The highest BCUT2D eigenvalue weighted by molar-refractivity contribution is 6.11. The number of nitrogens with zero attached hydrogens (tertiary/aromatic N) is 5. The van der Waals surface area contributed by atoms with Gasteiger partial charge in [-0.05, 0) is 74.7 Å². The molecule has 178 valence electrons. The van der Waals surface area contributed by atoms with Crippen LogP contribution >= 0.6 is 0 Å². The van der Waals surface area contributed by atoms with Crippen molar-refractivity contribution in [3.8, 4) is 11.1 Å². The lowest BCUT2D eigenvalue weighted by Gasteiger charge is -2.17. The summed E-state index contributed by atoms with van der Waals surface area (Å²) < 4.78 is 0. The molecule has 0 saturated carbocycles. The summed E-state index contributed by atoms with van der Waals surface area (Å²) in [5.74, 6) is -0.240.